The second kappa shape index (κ2) is 6.16. The van der Waals surface area contributed by atoms with E-state index in [9.17, 15) is 4.79 Å². The molecule has 19 heavy (non-hydrogen) atoms. The van der Waals surface area contributed by atoms with Crippen molar-refractivity contribution in [3.05, 3.63) is 65.2 Å². The van der Waals surface area contributed by atoms with Gasteiger partial charge in [0.05, 0.1) is 6.61 Å². The second-order valence-corrected chi connectivity index (χ2v) is 4.36. The Bertz CT molecular complexity index is 544. The van der Waals surface area contributed by atoms with Crippen molar-refractivity contribution < 1.29 is 9.90 Å². The number of carbonyl (C=O) groups excluding carboxylic acids is 1. The summed E-state index contributed by atoms with van der Waals surface area (Å²) >= 11 is 0. The van der Waals surface area contributed by atoms with E-state index in [1.165, 1.54) is 5.56 Å². The molecule has 0 fully saturated rings. The maximum absolute atomic E-state index is 12.0. The smallest absolute Gasteiger partial charge is 0.255 e. The first kappa shape index (κ1) is 13.3. The molecule has 2 aromatic carbocycles. The van der Waals surface area contributed by atoms with Gasteiger partial charge in [0.25, 0.3) is 5.91 Å². The van der Waals surface area contributed by atoms with Crippen molar-refractivity contribution in [2.24, 2.45) is 0 Å². The minimum absolute atomic E-state index is 0.00665. The van der Waals surface area contributed by atoms with Crippen LogP contribution in [0, 0.1) is 0 Å². The van der Waals surface area contributed by atoms with Gasteiger partial charge in [-0.1, -0.05) is 31.2 Å². The highest BCUT2D eigenvalue weighted by atomic mass is 16.3. The second-order valence-electron chi connectivity index (χ2n) is 4.36. The lowest BCUT2D eigenvalue weighted by molar-refractivity contribution is 0.102. The molecule has 0 aliphatic rings. The quantitative estimate of drug-likeness (QED) is 0.882. The van der Waals surface area contributed by atoms with Crippen LogP contribution in [0.2, 0.25) is 0 Å². The van der Waals surface area contributed by atoms with Crippen molar-refractivity contribution in [1.82, 2.24) is 0 Å². The molecule has 2 rings (SSSR count). The molecule has 0 spiro atoms. The van der Waals surface area contributed by atoms with Crippen LogP contribution in [-0.2, 0) is 13.0 Å². The number of rotatable bonds is 4. The molecular weight excluding hydrogens is 238 g/mol. The molecule has 0 atom stereocenters. The number of carbonyl (C=O) groups is 1. The highest BCUT2D eigenvalue weighted by molar-refractivity contribution is 6.04. The summed E-state index contributed by atoms with van der Waals surface area (Å²) in [7, 11) is 0. The van der Waals surface area contributed by atoms with Crippen LogP contribution in [0.4, 0.5) is 5.69 Å². The number of amides is 1. The van der Waals surface area contributed by atoms with E-state index in [2.05, 4.69) is 12.2 Å². The van der Waals surface area contributed by atoms with Gasteiger partial charge in [-0.05, 0) is 41.8 Å². The lowest BCUT2D eigenvalue weighted by Gasteiger charge is -2.06. The predicted octanol–water partition coefficient (Wildman–Crippen LogP) is 2.99. The Morgan fingerprint density at radius 3 is 2.11 bits per heavy atom. The molecule has 98 valence electrons. The van der Waals surface area contributed by atoms with Crippen molar-refractivity contribution in [2.45, 2.75) is 20.0 Å². The Kier molecular flexibility index (Phi) is 4.31. The van der Waals surface area contributed by atoms with Crippen LogP contribution in [0.5, 0.6) is 0 Å². The highest BCUT2D eigenvalue weighted by Gasteiger charge is 2.05. The molecule has 0 aliphatic heterocycles. The van der Waals surface area contributed by atoms with Gasteiger partial charge in [0.15, 0.2) is 0 Å². The third kappa shape index (κ3) is 3.42. The summed E-state index contributed by atoms with van der Waals surface area (Å²) in [5, 5.41) is 11.8. The molecule has 1 amide bonds. The third-order valence-electron chi connectivity index (χ3n) is 3.02. The van der Waals surface area contributed by atoms with Crippen molar-refractivity contribution in [1.29, 1.82) is 0 Å². The summed E-state index contributed by atoms with van der Waals surface area (Å²) < 4.78 is 0. The highest BCUT2D eigenvalue weighted by Crippen LogP contribution is 2.12. The van der Waals surface area contributed by atoms with Gasteiger partial charge < -0.3 is 10.4 Å². The minimum atomic E-state index is -0.126. The zero-order valence-electron chi connectivity index (χ0n) is 10.9. The van der Waals surface area contributed by atoms with Crippen LogP contribution in [0.15, 0.2) is 48.5 Å². The van der Waals surface area contributed by atoms with Crippen LogP contribution in [-0.4, -0.2) is 11.0 Å². The van der Waals surface area contributed by atoms with Gasteiger partial charge in [0.2, 0.25) is 0 Å². The first-order valence-corrected chi connectivity index (χ1v) is 6.33. The number of aliphatic hydroxyl groups excluding tert-OH is 1. The predicted molar refractivity (Wildman–Crippen MR) is 76.1 cm³/mol. The first-order chi connectivity index (χ1) is 9.22. The van der Waals surface area contributed by atoms with E-state index in [1.54, 1.807) is 24.3 Å². The average molecular weight is 255 g/mol. The van der Waals surface area contributed by atoms with Crippen LogP contribution in [0.3, 0.4) is 0 Å². The zero-order valence-corrected chi connectivity index (χ0v) is 10.9. The maximum atomic E-state index is 12.0. The average Bonchev–Trinajstić information content (AvgIpc) is 2.48. The number of benzene rings is 2. The van der Waals surface area contributed by atoms with Crippen molar-refractivity contribution >= 4 is 11.6 Å². The van der Waals surface area contributed by atoms with Gasteiger partial charge in [-0.2, -0.15) is 0 Å². The lowest BCUT2D eigenvalue weighted by Crippen LogP contribution is -2.11. The van der Waals surface area contributed by atoms with Gasteiger partial charge in [-0.15, -0.1) is 0 Å². The van der Waals surface area contributed by atoms with E-state index < -0.39 is 0 Å². The fourth-order valence-corrected chi connectivity index (χ4v) is 1.79. The van der Waals surface area contributed by atoms with E-state index in [4.69, 9.17) is 5.11 Å². The van der Waals surface area contributed by atoms with E-state index in [0.717, 1.165) is 17.7 Å². The lowest BCUT2D eigenvalue weighted by atomic mass is 10.1. The fraction of sp³-hybridized carbons (Fsp3) is 0.188. The minimum Gasteiger partial charge on any atom is -0.392 e. The molecule has 0 saturated carbocycles. The summed E-state index contributed by atoms with van der Waals surface area (Å²) in [5.74, 6) is -0.126. The molecule has 0 aliphatic carbocycles. The Morgan fingerprint density at radius 1 is 1.00 bits per heavy atom. The van der Waals surface area contributed by atoms with Crippen molar-refractivity contribution in [3.63, 3.8) is 0 Å². The summed E-state index contributed by atoms with van der Waals surface area (Å²) in [6, 6.07) is 14.7. The van der Waals surface area contributed by atoms with Gasteiger partial charge in [0, 0.05) is 11.3 Å². The largest absolute Gasteiger partial charge is 0.392 e. The van der Waals surface area contributed by atoms with Crippen molar-refractivity contribution in [3.8, 4) is 0 Å². The number of hydrogen-bond donors (Lipinski definition) is 2. The number of aryl methyl sites for hydroxylation is 1. The maximum Gasteiger partial charge on any atom is 0.255 e. The van der Waals surface area contributed by atoms with Gasteiger partial charge in [-0.25, -0.2) is 0 Å². The summed E-state index contributed by atoms with van der Waals surface area (Å²) in [4.78, 5) is 12.0. The van der Waals surface area contributed by atoms with E-state index in [1.807, 2.05) is 24.3 Å². The Morgan fingerprint density at radius 2 is 1.58 bits per heavy atom. The Balaban J connectivity index is 2.06. The van der Waals surface area contributed by atoms with Gasteiger partial charge in [0.1, 0.15) is 0 Å². The van der Waals surface area contributed by atoms with Crippen LogP contribution in [0.1, 0.15) is 28.4 Å². The monoisotopic (exact) mass is 255 g/mol. The molecule has 0 unspecified atom stereocenters. The molecule has 2 aromatic rings. The van der Waals surface area contributed by atoms with Gasteiger partial charge in [-0.3, -0.25) is 4.79 Å². The SMILES string of the molecule is CCc1ccc(C(=O)Nc2ccc(CO)cc2)cc1. The fourth-order valence-electron chi connectivity index (χ4n) is 1.79. The van der Waals surface area contributed by atoms with Crippen LogP contribution >= 0.6 is 0 Å². The molecule has 0 saturated heterocycles. The van der Waals surface area contributed by atoms with Crippen LogP contribution < -0.4 is 5.32 Å². The summed E-state index contributed by atoms with van der Waals surface area (Å²) in [6.45, 7) is 2.09. The first-order valence-electron chi connectivity index (χ1n) is 6.33. The molecule has 0 radical (unpaired) electrons. The Hall–Kier alpha value is -2.13. The molecule has 3 heteroatoms. The number of hydrogen-bond acceptors (Lipinski definition) is 2. The third-order valence-corrected chi connectivity index (χ3v) is 3.02. The molecule has 0 heterocycles. The molecular formula is C16H17NO2. The number of anilines is 1. The normalized spacial score (nSPS) is 10.2. The Labute approximate surface area is 112 Å². The van der Waals surface area contributed by atoms with E-state index in [0.29, 0.717) is 5.56 Å². The molecule has 2 N–H and O–H groups in total. The molecule has 0 aromatic heterocycles. The number of nitrogens with one attached hydrogen (secondary N) is 1. The van der Waals surface area contributed by atoms with Crippen LogP contribution in [0.25, 0.3) is 0 Å². The van der Waals surface area contributed by atoms with Crippen molar-refractivity contribution in [2.75, 3.05) is 5.32 Å². The standard InChI is InChI=1S/C16H17NO2/c1-2-12-3-7-14(8-4-12)16(19)17-15-9-5-13(11-18)6-10-15/h3-10,18H,2,11H2,1H3,(H,17,19). The van der Waals surface area contributed by atoms with E-state index in [-0.39, 0.29) is 12.5 Å². The van der Waals surface area contributed by atoms with E-state index >= 15 is 0 Å². The molecule has 3 nitrogen and oxygen atoms in total. The molecule has 0 bridgehead atoms. The number of aliphatic hydroxyl groups is 1. The zero-order chi connectivity index (χ0) is 13.7. The summed E-state index contributed by atoms with van der Waals surface area (Å²) in [6.07, 6.45) is 0.963. The topological polar surface area (TPSA) is 49.3 Å². The van der Waals surface area contributed by atoms with Gasteiger partial charge >= 0.3 is 0 Å². The summed E-state index contributed by atoms with van der Waals surface area (Å²) in [5.41, 5.74) is 3.40.